The summed E-state index contributed by atoms with van der Waals surface area (Å²) in [4.78, 5) is 0. The minimum Gasteiger partial charge on any atom is -0.0622 e. The van der Waals surface area contributed by atoms with Gasteiger partial charge in [-0.1, -0.05) is 178 Å². The lowest BCUT2D eigenvalue weighted by Crippen LogP contribution is -1.95. The molecule has 0 spiro atoms. The van der Waals surface area contributed by atoms with Gasteiger partial charge >= 0.3 is 0 Å². The average molecular weight is 601 g/mol. The van der Waals surface area contributed by atoms with Gasteiger partial charge in [-0.15, -0.1) is 0 Å². The Balaban J connectivity index is 1.25. The van der Waals surface area contributed by atoms with Crippen LogP contribution in [0.25, 0.3) is 77.2 Å². The third-order valence-electron chi connectivity index (χ3n) is 9.46. The maximum absolute atomic E-state index is 2.37. The van der Waals surface area contributed by atoms with Gasteiger partial charge in [0.05, 0.1) is 0 Å². The largest absolute Gasteiger partial charge is 0.0622 e. The van der Waals surface area contributed by atoms with Crippen molar-refractivity contribution < 1.29 is 0 Å². The van der Waals surface area contributed by atoms with Crippen LogP contribution in [0.2, 0.25) is 0 Å². The standard InChI is InChI=1S/C47H36/c1-32(2)40-20-6-7-21-41(40)47-44-24-10-8-22-42(44)46(43-23-9-11-25-45(43)47)39-19-13-18-38(31-39)37-17-12-16-36(30-37)35-28-26-34(27-29-35)33-14-4-3-5-15-33/h3-32H,1-2H3. The van der Waals surface area contributed by atoms with Crippen molar-refractivity contribution in [3.63, 3.8) is 0 Å². The van der Waals surface area contributed by atoms with Gasteiger partial charge in [-0.05, 0) is 101 Å². The van der Waals surface area contributed by atoms with Gasteiger partial charge in [0.1, 0.15) is 0 Å². The van der Waals surface area contributed by atoms with Crippen molar-refractivity contribution in [3.8, 4) is 55.6 Å². The first kappa shape index (κ1) is 28.7. The molecule has 8 aromatic rings. The van der Waals surface area contributed by atoms with Crippen molar-refractivity contribution in [2.45, 2.75) is 19.8 Å². The van der Waals surface area contributed by atoms with Crippen LogP contribution in [0.15, 0.2) is 176 Å². The molecule has 8 rings (SSSR count). The Kier molecular flexibility index (Phi) is 7.48. The summed E-state index contributed by atoms with van der Waals surface area (Å²) < 4.78 is 0. The highest BCUT2D eigenvalue weighted by Gasteiger charge is 2.19. The summed E-state index contributed by atoms with van der Waals surface area (Å²) in [6.45, 7) is 4.58. The molecular weight excluding hydrogens is 565 g/mol. The van der Waals surface area contributed by atoms with Crippen LogP contribution in [-0.4, -0.2) is 0 Å². The Morgan fingerprint density at radius 1 is 0.298 bits per heavy atom. The molecule has 0 N–H and O–H groups in total. The maximum Gasteiger partial charge on any atom is -0.00235 e. The maximum atomic E-state index is 2.37. The smallest absolute Gasteiger partial charge is 0.00235 e. The molecule has 0 heteroatoms. The van der Waals surface area contributed by atoms with Crippen molar-refractivity contribution in [3.05, 3.63) is 181 Å². The number of hydrogen-bond acceptors (Lipinski definition) is 0. The number of benzene rings is 8. The molecule has 0 fully saturated rings. The van der Waals surface area contributed by atoms with Crippen molar-refractivity contribution in [1.82, 2.24) is 0 Å². The van der Waals surface area contributed by atoms with Gasteiger partial charge in [0, 0.05) is 0 Å². The quantitative estimate of drug-likeness (QED) is 0.167. The normalized spacial score (nSPS) is 11.4. The zero-order chi connectivity index (χ0) is 31.7. The van der Waals surface area contributed by atoms with E-state index in [9.17, 15) is 0 Å². The molecule has 47 heavy (non-hydrogen) atoms. The van der Waals surface area contributed by atoms with Gasteiger partial charge in [0.25, 0.3) is 0 Å². The van der Waals surface area contributed by atoms with Crippen LogP contribution < -0.4 is 0 Å². The molecule has 8 aromatic carbocycles. The van der Waals surface area contributed by atoms with E-state index in [1.165, 1.54) is 82.7 Å². The summed E-state index contributed by atoms with van der Waals surface area (Å²) in [6.07, 6.45) is 0. The molecule has 0 nitrogen and oxygen atoms in total. The first-order valence-corrected chi connectivity index (χ1v) is 16.6. The van der Waals surface area contributed by atoms with Gasteiger partial charge < -0.3 is 0 Å². The molecule has 0 amide bonds. The summed E-state index contributed by atoms with van der Waals surface area (Å²) in [7, 11) is 0. The van der Waals surface area contributed by atoms with Crippen LogP contribution in [0.3, 0.4) is 0 Å². The van der Waals surface area contributed by atoms with E-state index in [-0.39, 0.29) is 0 Å². The van der Waals surface area contributed by atoms with Gasteiger partial charge in [0.15, 0.2) is 0 Å². The molecule has 0 atom stereocenters. The summed E-state index contributed by atoms with van der Waals surface area (Å²) in [5.41, 5.74) is 13.9. The monoisotopic (exact) mass is 600 g/mol. The molecule has 0 aliphatic heterocycles. The molecule has 0 saturated heterocycles. The topological polar surface area (TPSA) is 0 Å². The fourth-order valence-electron chi connectivity index (χ4n) is 7.18. The van der Waals surface area contributed by atoms with Crippen LogP contribution >= 0.6 is 0 Å². The zero-order valence-corrected chi connectivity index (χ0v) is 26.8. The molecule has 0 aliphatic carbocycles. The Hall–Kier alpha value is -5.72. The average Bonchev–Trinajstić information content (AvgIpc) is 3.14. The van der Waals surface area contributed by atoms with Crippen LogP contribution in [0.5, 0.6) is 0 Å². The SMILES string of the molecule is CC(C)c1ccccc1-c1c2ccccc2c(-c2cccc(-c3cccc(-c4ccc(-c5ccccc5)cc4)c3)c2)c2ccccc12. The first-order valence-electron chi connectivity index (χ1n) is 16.6. The first-order chi connectivity index (χ1) is 23.2. The Labute approximate surface area is 277 Å². The van der Waals surface area contributed by atoms with E-state index >= 15 is 0 Å². The van der Waals surface area contributed by atoms with E-state index < -0.39 is 0 Å². The Morgan fingerprint density at radius 3 is 1.26 bits per heavy atom. The van der Waals surface area contributed by atoms with E-state index in [4.69, 9.17) is 0 Å². The number of fused-ring (bicyclic) bond motifs is 2. The molecule has 224 valence electrons. The highest BCUT2D eigenvalue weighted by Crippen LogP contribution is 2.45. The predicted octanol–water partition coefficient (Wildman–Crippen LogP) is 13.5. The lowest BCUT2D eigenvalue weighted by Gasteiger charge is -2.20. The van der Waals surface area contributed by atoms with Crippen molar-refractivity contribution >= 4 is 21.5 Å². The molecule has 0 aromatic heterocycles. The minimum absolute atomic E-state index is 0.428. The van der Waals surface area contributed by atoms with Crippen LogP contribution in [-0.2, 0) is 0 Å². The third-order valence-corrected chi connectivity index (χ3v) is 9.46. The van der Waals surface area contributed by atoms with E-state index in [0.717, 1.165) is 0 Å². The summed E-state index contributed by atoms with van der Waals surface area (Å²) in [5.74, 6) is 0.428. The lowest BCUT2D eigenvalue weighted by molar-refractivity contribution is 0.869. The second-order valence-corrected chi connectivity index (χ2v) is 12.7. The molecule has 0 unspecified atom stereocenters. The molecule has 0 radical (unpaired) electrons. The number of hydrogen-bond donors (Lipinski definition) is 0. The fraction of sp³-hybridized carbons (Fsp3) is 0.0638. The second-order valence-electron chi connectivity index (χ2n) is 12.7. The number of rotatable bonds is 6. The Bertz CT molecular complexity index is 2300. The van der Waals surface area contributed by atoms with E-state index in [1.54, 1.807) is 0 Å². The lowest BCUT2D eigenvalue weighted by atomic mass is 9.83. The summed E-state index contributed by atoms with van der Waals surface area (Å²) in [5, 5.41) is 5.15. The van der Waals surface area contributed by atoms with Crippen molar-refractivity contribution in [1.29, 1.82) is 0 Å². The fourth-order valence-corrected chi connectivity index (χ4v) is 7.18. The van der Waals surface area contributed by atoms with Crippen molar-refractivity contribution in [2.75, 3.05) is 0 Å². The van der Waals surface area contributed by atoms with Crippen LogP contribution in [0.4, 0.5) is 0 Å². The Morgan fingerprint density at radius 2 is 0.681 bits per heavy atom. The third kappa shape index (κ3) is 5.33. The molecule has 0 saturated carbocycles. The van der Waals surface area contributed by atoms with E-state index in [0.29, 0.717) is 5.92 Å². The van der Waals surface area contributed by atoms with E-state index in [2.05, 4.69) is 190 Å². The molecule has 0 aliphatic rings. The zero-order valence-electron chi connectivity index (χ0n) is 26.8. The minimum atomic E-state index is 0.428. The molecule has 0 heterocycles. The predicted molar refractivity (Wildman–Crippen MR) is 203 cm³/mol. The van der Waals surface area contributed by atoms with Gasteiger partial charge in [-0.2, -0.15) is 0 Å². The van der Waals surface area contributed by atoms with Gasteiger partial charge in [0.2, 0.25) is 0 Å². The highest BCUT2D eigenvalue weighted by atomic mass is 14.2. The van der Waals surface area contributed by atoms with Crippen LogP contribution in [0.1, 0.15) is 25.3 Å². The summed E-state index contributed by atoms with van der Waals surface area (Å²) >= 11 is 0. The van der Waals surface area contributed by atoms with Crippen molar-refractivity contribution in [2.24, 2.45) is 0 Å². The van der Waals surface area contributed by atoms with Gasteiger partial charge in [-0.25, -0.2) is 0 Å². The highest BCUT2D eigenvalue weighted by molar-refractivity contribution is 6.21. The second kappa shape index (κ2) is 12.2. The summed E-state index contributed by atoms with van der Waals surface area (Å²) in [6, 6.07) is 64.3. The molecular formula is C47H36. The van der Waals surface area contributed by atoms with E-state index in [1.807, 2.05) is 0 Å². The van der Waals surface area contributed by atoms with Gasteiger partial charge in [-0.3, -0.25) is 0 Å². The molecule has 0 bridgehead atoms. The van der Waals surface area contributed by atoms with Crippen LogP contribution in [0, 0.1) is 0 Å².